The molecule has 0 heterocycles. The number of carbonyl (C=O) groups is 2. The van der Waals surface area contributed by atoms with Crippen LogP contribution < -0.4 is 9.62 Å². The SMILES string of the molecule is CCC(C(=O)NC1CCCC1)N(Cc1ccc(C)cc1)C(=O)CN(c1ccc(Br)cc1)S(=O)(=O)c1ccc(C)cc1. The van der Waals surface area contributed by atoms with Crippen LogP contribution in [-0.2, 0) is 26.2 Å². The van der Waals surface area contributed by atoms with Crippen molar-refractivity contribution in [3.8, 4) is 0 Å². The topological polar surface area (TPSA) is 86.8 Å². The van der Waals surface area contributed by atoms with E-state index in [9.17, 15) is 18.0 Å². The lowest BCUT2D eigenvalue weighted by atomic mass is 10.1. The Morgan fingerprint density at radius 3 is 2.02 bits per heavy atom. The van der Waals surface area contributed by atoms with Crippen molar-refractivity contribution in [3.63, 3.8) is 0 Å². The van der Waals surface area contributed by atoms with Gasteiger partial charge in [-0.3, -0.25) is 13.9 Å². The highest BCUT2D eigenvalue weighted by atomic mass is 79.9. The molecular weight excluding hydrogens is 602 g/mol. The van der Waals surface area contributed by atoms with E-state index in [1.165, 1.54) is 4.90 Å². The van der Waals surface area contributed by atoms with Gasteiger partial charge in [-0.05, 0) is 75.1 Å². The van der Waals surface area contributed by atoms with Crippen molar-refractivity contribution >= 4 is 43.5 Å². The highest BCUT2D eigenvalue weighted by molar-refractivity contribution is 9.10. The predicted octanol–water partition coefficient (Wildman–Crippen LogP) is 6.13. The average Bonchev–Trinajstić information content (AvgIpc) is 3.46. The van der Waals surface area contributed by atoms with E-state index in [1.807, 2.05) is 45.0 Å². The van der Waals surface area contributed by atoms with Crippen molar-refractivity contribution in [1.29, 1.82) is 0 Å². The summed E-state index contributed by atoms with van der Waals surface area (Å²) in [6.07, 6.45) is 4.42. The van der Waals surface area contributed by atoms with Gasteiger partial charge in [0.05, 0.1) is 10.6 Å². The van der Waals surface area contributed by atoms with Crippen LogP contribution in [0.25, 0.3) is 0 Å². The van der Waals surface area contributed by atoms with Gasteiger partial charge < -0.3 is 10.2 Å². The fourth-order valence-electron chi connectivity index (χ4n) is 5.15. The van der Waals surface area contributed by atoms with Crippen LogP contribution in [0.15, 0.2) is 82.2 Å². The van der Waals surface area contributed by atoms with E-state index in [1.54, 1.807) is 48.5 Å². The number of rotatable bonds is 11. The Morgan fingerprint density at radius 2 is 1.46 bits per heavy atom. The van der Waals surface area contributed by atoms with Crippen LogP contribution in [0.5, 0.6) is 0 Å². The number of halogens is 1. The molecule has 0 aliphatic heterocycles. The molecule has 3 aromatic rings. The maximum absolute atomic E-state index is 14.2. The van der Waals surface area contributed by atoms with Crippen LogP contribution in [0.4, 0.5) is 5.69 Å². The van der Waals surface area contributed by atoms with Gasteiger partial charge in [-0.15, -0.1) is 0 Å². The second-order valence-corrected chi connectivity index (χ2v) is 13.5. The van der Waals surface area contributed by atoms with Gasteiger partial charge in [0, 0.05) is 17.1 Å². The Kier molecular flexibility index (Phi) is 10.3. The maximum Gasteiger partial charge on any atom is 0.264 e. The lowest BCUT2D eigenvalue weighted by Crippen LogP contribution is -2.53. The summed E-state index contributed by atoms with van der Waals surface area (Å²) < 4.78 is 29.8. The number of amides is 2. The van der Waals surface area contributed by atoms with Crippen molar-refractivity contribution in [1.82, 2.24) is 10.2 Å². The van der Waals surface area contributed by atoms with E-state index in [2.05, 4.69) is 21.2 Å². The normalized spacial score (nSPS) is 14.4. The Morgan fingerprint density at radius 1 is 0.902 bits per heavy atom. The Balaban J connectivity index is 1.70. The number of benzene rings is 3. The summed E-state index contributed by atoms with van der Waals surface area (Å²) in [4.78, 5) is 29.3. The molecule has 0 bridgehead atoms. The van der Waals surface area contributed by atoms with Crippen LogP contribution in [-0.4, -0.2) is 43.8 Å². The third-order valence-corrected chi connectivity index (χ3v) is 9.88. The first-order chi connectivity index (χ1) is 19.6. The van der Waals surface area contributed by atoms with Gasteiger partial charge in [0.25, 0.3) is 10.0 Å². The van der Waals surface area contributed by atoms with E-state index in [0.29, 0.717) is 12.1 Å². The highest BCUT2D eigenvalue weighted by Gasteiger charge is 2.34. The van der Waals surface area contributed by atoms with Gasteiger partial charge >= 0.3 is 0 Å². The van der Waals surface area contributed by atoms with E-state index in [0.717, 1.165) is 51.2 Å². The molecule has 1 unspecified atom stereocenters. The van der Waals surface area contributed by atoms with Crippen LogP contribution in [0.2, 0.25) is 0 Å². The van der Waals surface area contributed by atoms with Crippen LogP contribution >= 0.6 is 15.9 Å². The molecule has 7 nitrogen and oxygen atoms in total. The molecule has 0 saturated heterocycles. The molecule has 1 aliphatic carbocycles. The Labute approximate surface area is 252 Å². The zero-order valence-corrected chi connectivity index (χ0v) is 26.2. The molecule has 2 amide bonds. The smallest absolute Gasteiger partial charge is 0.264 e. The lowest BCUT2D eigenvalue weighted by Gasteiger charge is -2.33. The number of carbonyl (C=O) groups excluding carboxylic acids is 2. The third-order valence-electron chi connectivity index (χ3n) is 7.56. The highest BCUT2D eigenvalue weighted by Crippen LogP contribution is 2.27. The van der Waals surface area contributed by atoms with Gasteiger partial charge in [-0.1, -0.05) is 83.2 Å². The number of anilines is 1. The maximum atomic E-state index is 14.2. The minimum Gasteiger partial charge on any atom is -0.352 e. The van der Waals surface area contributed by atoms with Crippen molar-refractivity contribution in [3.05, 3.63) is 94.0 Å². The molecule has 41 heavy (non-hydrogen) atoms. The summed E-state index contributed by atoms with van der Waals surface area (Å²) in [6, 6.07) is 20.6. The first kappa shape index (κ1) is 30.8. The molecule has 218 valence electrons. The zero-order valence-electron chi connectivity index (χ0n) is 23.8. The van der Waals surface area contributed by atoms with E-state index >= 15 is 0 Å². The van der Waals surface area contributed by atoms with Gasteiger partial charge in [-0.2, -0.15) is 0 Å². The second kappa shape index (κ2) is 13.7. The summed E-state index contributed by atoms with van der Waals surface area (Å²) in [7, 11) is -4.09. The van der Waals surface area contributed by atoms with E-state index in [-0.39, 0.29) is 23.4 Å². The van der Waals surface area contributed by atoms with Crippen LogP contribution in [0.1, 0.15) is 55.7 Å². The number of hydrogen-bond acceptors (Lipinski definition) is 4. The lowest BCUT2D eigenvalue weighted by molar-refractivity contribution is -0.140. The number of hydrogen-bond donors (Lipinski definition) is 1. The first-order valence-corrected chi connectivity index (χ1v) is 16.3. The molecule has 0 radical (unpaired) electrons. The molecule has 4 rings (SSSR count). The first-order valence-electron chi connectivity index (χ1n) is 14.1. The number of nitrogens with one attached hydrogen (secondary N) is 1. The Hall–Kier alpha value is -3.17. The Bertz CT molecular complexity index is 1440. The molecule has 1 atom stereocenters. The summed E-state index contributed by atoms with van der Waals surface area (Å²) in [5, 5.41) is 3.14. The number of aryl methyl sites for hydroxylation is 2. The zero-order chi connectivity index (χ0) is 29.6. The van der Waals surface area contributed by atoms with Crippen LogP contribution in [0, 0.1) is 13.8 Å². The summed E-state index contributed by atoms with van der Waals surface area (Å²) in [5.41, 5.74) is 3.25. The minimum atomic E-state index is -4.09. The largest absolute Gasteiger partial charge is 0.352 e. The molecule has 0 spiro atoms. The van der Waals surface area contributed by atoms with E-state index in [4.69, 9.17) is 0 Å². The quantitative estimate of drug-likeness (QED) is 0.274. The summed E-state index contributed by atoms with van der Waals surface area (Å²) in [6.45, 7) is 5.49. The van der Waals surface area contributed by atoms with Gasteiger partial charge in [0.1, 0.15) is 12.6 Å². The molecule has 3 aromatic carbocycles. The van der Waals surface area contributed by atoms with Crippen molar-refractivity contribution in [2.75, 3.05) is 10.8 Å². The number of nitrogens with zero attached hydrogens (tertiary/aromatic N) is 2. The monoisotopic (exact) mass is 639 g/mol. The van der Waals surface area contributed by atoms with Crippen molar-refractivity contribution in [2.45, 2.75) is 76.4 Å². The molecule has 1 fully saturated rings. The molecule has 0 aromatic heterocycles. The fourth-order valence-corrected chi connectivity index (χ4v) is 6.83. The van der Waals surface area contributed by atoms with Crippen LogP contribution in [0.3, 0.4) is 0 Å². The standard InChI is InChI=1S/C32H38BrN3O4S/c1-4-30(32(38)34-27-7-5-6-8-27)35(21-25-13-9-23(2)10-14-25)31(37)22-36(28-17-15-26(33)16-18-28)41(39,40)29-19-11-24(3)12-20-29/h9-20,27,30H,4-8,21-22H2,1-3H3,(H,34,38). The summed E-state index contributed by atoms with van der Waals surface area (Å²) in [5.74, 6) is -0.644. The van der Waals surface area contributed by atoms with Gasteiger partial charge in [0.2, 0.25) is 11.8 Å². The predicted molar refractivity (Wildman–Crippen MR) is 166 cm³/mol. The van der Waals surface area contributed by atoms with Gasteiger partial charge in [-0.25, -0.2) is 8.42 Å². The fraction of sp³-hybridized carbons (Fsp3) is 0.375. The minimum absolute atomic E-state index is 0.0925. The molecular formula is C32H38BrN3O4S. The second-order valence-electron chi connectivity index (χ2n) is 10.7. The van der Waals surface area contributed by atoms with Crippen molar-refractivity contribution < 1.29 is 18.0 Å². The molecule has 1 saturated carbocycles. The molecule has 9 heteroatoms. The van der Waals surface area contributed by atoms with E-state index < -0.39 is 28.5 Å². The molecule has 1 aliphatic rings. The third kappa shape index (κ3) is 7.77. The number of sulfonamides is 1. The summed E-state index contributed by atoms with van der Waals surface area (Å²) >= 11 is 3.41. The average molecular weight is 641 g/mol. The van der Waals surface area contributed by atoms with Crippen molar-refractivity contribution in [2.24, 2.45) is 0 Å². The van der Waals surface area contributed by atoms with Gasteiger partial charge in [0.15, 0.2) is 0 Å². The molecule has 1 N–H and O–H groups in total.